The highest BCUT2D eigenvalue weighted by Gasteiger charge is 2.15. The van der Waals surface area contributed by atoms with Gasteiger partial charge < -0.3 is 0 Å². The summed E-state index contributed by atoms with van der Waals surface area (Å²) in [7, 11) is 0. The van der Waals surface area contributed by atoms with Crippen molar-refractivity contribution < 1.29 is 4.79 Å². The first-order valence-electron chi connectivity index (χ1n) is 4.24. The number of ketones is 1. The first kappa shape index (κ1) is 8.61. The number of rotatable bonds is 3. The monoisotopic (exact) mass is 191 g/mol. The SMILES string of the molecule is CCn1nccc1C(=O)c1ncn[nH]1. The van der Waals surface area contributed by atoms with Gasteiger partial charge in [-0.25, -0.2) is 4.98 Å². The zero-order valence-corrected chi connectivity index (χ0v) is 7.64. The van der Waals surface area contributed by atoms with Crippen molar-refractivity contribution in [2.45, 2.75) is 13.5 Å². The Morgan fingerprint density at radius 3 is 3.14 bits per heavy atom. The number of aromatic nitrogens is 5. The molecule has 72 valence electrons. The van der Waals surface area contributed by atoms with E-state index in [1.807, 2.05) is 6.92 Å². The van der Waals surface area contributed by atoms with E-state index in [2.05, 4.69) is 20.3 Å². The highest BCUT2D eigenvalue weighted by atomic mass is 16.1. The summed E-state index contributed by atoms with van der Waals surface area (Å²) in [6.07, 6.45) is 2.90. The molecular weight excluding hydrogens is 182 g/mol. The smallest absolute Gasteiger partial charge is 0.247 e. The van der Waals surface area contributed by atoms with Gasteiger partial charge >= 0.3 is 0 Å². The molecule has 0 saturated carbocycles. The fourth-order valence-electron chi connectivity index (χ4n) is 1.21. The van der Waals surface area contributed by atoms with Crippen molar-refractivity contribution in [3.63, 3.8) is 0 Å². The molecule has 0 radical (unpaired) electrons. The van der Waals surface area contributed by atoms with E-state index in [9.17, 15) is 4.79 Å². The van der Waals surface area contributed by atoms with E-state index in [-0.39, 0.29) is 11.6 Å². The molecule has 6 nitrogen and oxygen atoms in total. The third-order valence-corrected chi connectivity index (χ3v) is 1.88. The Morgan fingerprint density at radius 2 is 2.50 bits per heavy atom. The van der Waals surface area contributed by atoms with Crippen molar-refractivity contribution >= 4 is 5.78 Å². The average Bonchev–Trinajstić information content (AvgIpc) is 2.87. The quantitative estimate of drug-likeness (QED) is 0.705. The molecule has 2 rings (SSSR count). The summed E-state index contributed by atoms with van der Waals surface area (Å²) in [6.45, 7) is 2.58. The average molecular weight is 191 g/mol. The first-order valence-corrected chi connectivity index (χ1v) is 4.24. The van der Waals surface area contributed by atoms with Crippen LogP contribution in [0.15, 0.2) is 18.6 Å². The number of nitrogens with one attached hydrogen (secondary N) is 1. The van der Waals surface area contributed by atoms with E-state index in [4.69, 9.17) is 0 Å². The zero-order chi connectivity index (χ0) is 9.97. The third kappa shape index (κ3) is 1.30. The van der Waals surface area contributed by atoms with Crippen LogP contribution in [0.1, 0.15) is 23.2 Å². The van der Waals surface area contributed by atoms with Crippen molar-refractivity contribution in [1.29, 1.82) is 0 Å². The Bertz CT molecular complexity index is 430. The van der Waals surface area contributed by atoms with E-state index < -0.39 is 0 Å². The Balaban J connectivity index is 2.36. The molecule has 14 heavy (non-hydrogen) atoms. The summed E-state index contributed by atoms with van der Waals surface area (Å²) in [4.78, 5) is 15.5. The minimum Gasteiger partial charge on any atom is -0.283 e. The van der Waals surface area contributed by atoms with Crippen molar-refractivity contribution in [2.24, 2.45) is 0 Å². The van der Waals surface area contributed by atoms with Crippen LogP contribution < -0.4 is 0 Å². The van der Waals surface area contributed by atoms with Crippen LogP contribution in [0, 0.1) is 0 Å². The molecule has 6 heteroatoms. The lowest BCUT2D eigenvalue weighted by Gasteiger charge is -2.00. The van der Waals surface area contributed by atoms with Crippen LogP contribution in [0.3, 0.4) is 0 Å². The first-order chi connectivity index (χ1) is 6.83. The molecule has 0 aromatic carbocycles. The second-order valence-electron chi connectivity index (χ2n) is 2.70. The number of nitrogens with zero attached hydrogens (tertiary/aromatic N) is 4. The minimum absolute atomic E-state index is 0.193. The van der Waals surface area contributed by atoms with Crippen LogP contribution in [-0.4, -0.2) is 30.7 Å². The molecule has 0 saturated heterocycles. The lowest BCUT2D eigenvalue weighted by atomic mass is 10.3. The number of carbonyl (C=O) groups excluding carboxylic acids is 1. The standard InChI is InChI=1S/C8H9N5O/c1-2-13-6(3-4-11-13)7(14)8-9-5-10-12-8/h3-5H,2H2,1H3,(H,9,10,12). The molecule has 0 bridgehead atoms. The summed E-state index contributed by atoms with van der Waals surface area (Å²) in [5, 5.41) is 10.1. The Kier molecular flexibility index (Phi) is 2.10. The highest BCUT2D eigenvalue weighted by molar-refractivity contribution is 6.05. The van der Waals surface area contributed by atoms with Crippen LogP contribution in [0.25, 0.3) is 0 Å². The number of hydrogen-bond acceptors (Lipinski definition) is 4. The molecule has 0 atom stereocenters. The molecule has 0 spiro atoms. The molecule has 0 aliphatic rings. The van der Waals surface area contributed by atoms with Crippen molar-refractivity contribution in [1.82, 2.24) is 25.0 Å². The predicted octanol–water partition coefficient (Wildman–Crippen LogP) is 0.252. The van der Waals surface area contributed by atoms with Gasteiger partial charge in [-0.2, -0.15) is 10.2 Å². The van der Waals surface area contributed by atoms with E-state index in [1.165, 1.54) is 6.33 Å². The van der Waals surface area contributed by atoms with Gasteiger partial charge in [0.15, 0.2) is 5.82 Å². The molecule has 1 N–H and O–H groups in total. The zero-order valence-electron chi connectivity index (χ0n) is 7.64. The molecule has 0 unspecified atom stereocenters. The summed E-state index contributed by atoms with van der Waals surface area (Å²) < 4.78 is 1.62. The van der Waals surface area contributed by atoms with E-state index in [1.54, 1.807) is 16.9 Å². The molecule has 0 aliphatic heterocycles. The van der Waals surface area contributed by atoms with Crippen molar-refractivity contribution in [2.75, 3.05) is 0 Å². The van der Waals surface area contributed by atoms with Crippen molar-refractivity contribution in [3.05, 3.63) is 30.1 Å². The number of hydrogen-bond donors (Lipinski definition) is 1. The van der Waals surface area contributed by atoms with Crippen LogP contribution in [0.4, 0.5) is 0 Å². The van der Waals surface area contributed by atoms with Crippen molar-refractivity contribution in [3.8, 4) is 0 Å². The Morgan fingerprint density at radius 1 is 1.64 bits per heavy atom. The van der Waals surface area contributed by atoms with Gasteiger partial charge in [0.2, 0.25) is 5.78 Å². The second kappa shape index (κ2) is 3.41. The van der Waals surface area contributed by atoms with E-state index in [0.717, 1.165) is 0 Å². The lowest BCUT2D eigenvalue weighted by Crippen LogP contribution is -2.11. The van der Waals surface area contributed by atoms with Gasteiger partial charge in [0.05, 0.1) is 0 Å². The van der Waals surface area contributed by atoms with E-state index in [0.29, 0.717) is 12.2 Å². The Hall–Kier alpha value is -1.98. The van der Waals surface area contributed by atoms with Crippen LogP contribution in [0.5, 0.6) is 0 Å². The fraction of sp³-hybridized carbons (Fsp3) is 0.250. The molecule has 2 aromatic rings. The van der Waals surface area contributed by atoms with Gasteiger partial charge in [0.25, 0.3) is 0 Å². The lowest BCUT2D eigenvalue weighted by molar-refractivity contribution is 0.102. The van der Waals surface area contributed by atoms with Crippen LogP contribution in [-0.2, 0) is 6.54 Å². The second-order valence-corrected chi connectivity index (χ2v) is 2.70. The molecule has 2 heterocycles. The molecular formula is C8H9N5O. The van der Waals surface area contributed by atoms with Gasteiger partial charge in [0.1, 0.15) is 12.0 Å². The summed E-state index contributed by atoms with van der Waals surface area (Å²) in [6, 6.07) is 1.66. The fourth-order valence-corrected chi connectivity index (χ4v) is 1.21. The highest BCUT2D eigenvalue weighted by Crippen LogP contribution is 2.04. The van der Waals surface area contributed by atoms with Gasteiger partial charge in [0, 0.05) is 12.7 Å². The molecule has 0 amide bonds. The van der Waals surface area contributed by atoms with Crippen LogP contribution in [0.2, 0.25) is 0 Å². The maximum absolute atomic E-state index is 11.8. The molecule has 0 fully saturated rings. The topological polar surface area (TPSA) is 76.5 Å². The number of carbonyl (C=O) groups is 1. The number of H-pyrrole nitrogens is 1. The number of aromatic amines is 1. The maximum atomic E-state index is 11.8. The van der Waals surface area contributed by atoms with Crippen LogP contribution >= 0.6 is 0 Å². The maximum Gasteiger partial charge on any atom is 0.247 e. The summed E-state index contributed by atoms with van der Waals surface area (Å²) in [5.74, 6) is 0.0436. The largest absolute Gasteiger partial charge is 0.283 e. The molecule has 0 aliphatic carbocycles. The van der Waals surface area contributed by atoms with Gasteiger partial charge in [-0.3, -0.25) is 14.6 Å². The number of aryl methyl sites for hydroxylation is 1. The van der Waals surface area contributed by atoms with Gasteiger partial charge in [-0.05, 0) is 13.0 Å². The molecule has 2 aromatic heterocycles. The third-order valence-electron chi connectivity index (χ3n) is 1.88. The van der Waals surface area contributed by atoms with Gasteiger partial charge in [-0.15, -0.1) is 0 Å². The summed E-state index contributed by atoms with van der Waals surface area (Å²) >= 11 is 0. The van der Waals surface area contributed by atoms with E-state index >= 15 is 0 Å². The Labute approximate surface area is 80.0 Å². The summed E-state index contributed by atoms with van der Waals surface area (Å²) in [5.41, 5.74) is 0.518. The minimum atomic E-state index is -0.193. The normalized spacial score (nSPS) is 10.4. The predicted molar refractivity (Wildman–Crippen MR) is 47.7 cm³/mol. The van der Waals surface area contributed by atoms with Gasteiger partial charge in [-0.1, -0.05) is 0 Å².